The Labute approximate surface area is 157 Å². The van der Waals surface area contributed by atoms with Crippen molar-refractivity contribution in [1.82, 2.24) is 20.1 Å². The molecule has 144 valence electrons. The molecule has 0 aromatic carbocycles. The molecule has 0 spiro atoms. The number of aliphatic imine (C=N–C) groups is 1. The van der Waals surface area contributed by atoms with Crippen molar-refractivity contribution in [3.8, 4) is 0 Å². The topological polar surface area (TPSA) is 73.0 Å². The Morgan fingerprint density at radius 2 is 2.12 bits per heavy atom. The first kappa shape index (κ1) is 18.9. The van der Waals surface area contributed by atoms with Crippen molar-refractivity contribution in [3.05, 3.63) is 23.9 Å². The van der Waals surface area contributed by atoms with Crippen LogP contribution in [0.25, 0.3) is 0 Å². The number of piperazine rings is 1. The van der Waals surface area contributed by atoms with Crippen LogP contribution in [0.15, 0.2) is 23.3 Å². The molecule has 1 aromatic heterocycles. The molecule has 3 heterocycles. The van der Waals surface area contributed by atoms with Crippen LogP contribution < -0.4 is 16.0 Å². The van der Waals surface area contributed by atoms with Crippen LogP contribution in [0.1, 0.15) is 25.3 Å². The van der Waals surface area contributed by atoms with Gasteiger partial charge in [-0.2, -0.15) is 0 Å². The smallest absolute Gasteiger partial charge is 0.188 e. The summed E-state index contributed by atoms with van der Waals surface area (Å²) in [5.41, 5.74) is 7.25. The fourth-order valence-corrected chi connectivity index (χ4v) is 3.85. The summed E-state index contributed by atoms with van der Waals surface area (Å²) in [4.78, 5) is 16.4. The summed E-state index contributed by atoms with van der Waals surface area (Å²) in [5.74, 6) is 1.58. The zero-order valence-corrected chi connectivity index (χ0v) is 16.2. The van der Waals surface area contributed by atoms with E-state index in [4.69, 9.17) is 5.73 Å². The molecule has 0 bridgehead atoms. The molecule has 1 unspecified atom stereocenters. The second-order valence-corrected chi connectivity index (χ2v) is 7.28. The molecule has 2 aliphatic heterocycles. The van der Waals surface area contributed by atoms with Crippen LogP contribution in [0.5, 0.6) is 0 Å². The molecule has 0 amide bonds. The summed E-state index contributed by atoms with van der Waals surface area (Å²) in [7, 11) is 2.16. The number of nitrogens with one attached hydrogen (secondary N) is 1. The van der Waals surface area contributed by atoms with Gasteiger partial charge in [0.25, 0.3) is 0 Å². The Balaban J connectivity index is 1.56. The minimum Gasteiger partial charge on any atom is -0.370 e. The number of likely N-dealkylation sites (N-methyl/N-ethyl adjacent to an activating group) is 2. The van der Waals surface area contributed by atoms with Gasteiger partial charge in [0.2, 0.25) is 0 Å². The van der Waals surface area contributed by atoms with E-state index in [1.165, 1.54) is 19.4 Å². The number of guanidine groups is 1. The number of hydrogen-bond donors (Lipinski definition) is 2. The summed E-state index contributed by atoms with van der Waals surface area (Å²) >= 11 is 0. The van der Waals surface area contributed by atoms with Crippen molar-refractivity contribution in [1.29, 1.82) is 0 Å². The number of pyridine rings is 1. The largest absolute Gasteiger partial charge is 0.370 e. The van der Waals surface area contributed by atoms with Crippen molar-refractivity contribution in [2.45, 2.75) is 32.4 Å². The average Bonchev–Trinajstić information content (AvgIpc) is 3.13. The lowest BCUT2D eigenvalue weighted by atomic mass is 10.2. The van der Waals surface area contributed by atoms with Crippen LogP contribution in [0.4, 0.5) is 5.82 Å². The van der Waals surface area contributed by atoms with Gasteiger partial charge in [0.1, 0.15) is 5.82 Å². The van der Waals surface area contributed by atoms with Gasteiger partial charge in [0.15, 0.2) is 5.96 Å². The van der Waals surface area contributed by atoms with Gasteiger partial charge in [-0.25, -0.2) is 9.98 Å². The van der Waals surface area contributed by atoms with Gasteiger partial charge in [-0.05, 0) is 39.0 Å². The highest BCUT2D eigenvalue weighted by Crippen LogP contribution is 2.19. The molecule has 2 saturated heterocycles. The molecular formula is C19H33N7. The van der Waals surface area contributed by atoms with E-state index in [1.807, 2.05) is 12.3 Å². The van der Waals surface area contributed by atoms with Crippen molar-refractivity contribution in [3.63, 3.8) is 0 Å². The standard InChI is InChI=1S/C19H33N7/c1-3-25-9-5-7-17(25)15-23-19(20)22-14-16-6-4-8-21-18(16)26-12-10-24(2)11-13-26/h4,6,8,17H,3,5,7,9-15H2,1-2H3,(H3,20,22,23). The summed E-state index contributed by atoms with van der Waals surface area (Å²) < 4.78 is 0. The number of likely N-dealkylation sites (tertiary alicyclic amines) is 1. The van der Waals surface area contributed by atoms with E-state index in [1.54, 1.807) is 0 Å². The lowest BCUT2D eigenvalue weighted by Crippen LogP contribution is -2.45. The van der Waals surface area contributed by atoms with Gasteiger partial charge < -0.3 is 20.9 Å². The summed E-state index contributed by atoms with van der Waals surface area (Å²) in [6, 6.07) is 4.66. The number of rotatable bonds is 6. The molecule has 0 saturated carbocycles. The maximum absolute atomic E-state index is 6.11. The van der Waals surface area contributed by atoms with Crippen LogP contribution in [0, 0.1) is 0 Å². The molecule has 3 rings (SSSR count). The summed E-state index contributed by atoms with van der Waals surface area (Å²) in [6.45, 7) is 10.1. The fraction of sp³-hybridized carbons (Fsp3) is 0.684. The number of nitrogens with zero attached hydrogens (tertiary/aromatic N) is 5. The molecule has 0 radical (unpaired) electrons. The van der Waals surface area contributed by atoms with E-state index < -0.39 is 0 Å². The highest BCUT2D eigenvalue weighted by molar-refractivity contribution is 5.77. The van der Waals surface area contributed by atoms with Crippen LogP contribution in [0.3, 0.4) is 0 Å². The Morgan fingerprint density at radius 1 is 1.31 bits per heavy atom. The van der Waals surface area contributed by atoms with E-state index in [0.29, 0.717) is 18.5 Å². The van der Waals surface area contributed by atoms with Crippen LogP contribution in [-0.2, 0) is 6.54 Å². The van der Waals surface area contributed by atoms with Gasteiger partial charge in [-0.15, -0.1) is 0 Å². The molecular weight excluding hydrogens is 326 g/mol. The van der Waals surface area contributed by atoms with Gasteiger partial charge >= 0.3 is 0 Å². The second-order valence-electron chi connectivity index (χ2n) is 7.28. The number of anilines is 1. The summed E-state index contributed by atoms with van der Waals surface area (Å²) in [5, 5.41) is 3.31. The van der Waals surface area contributed by atoms with Gasteiger partial charge in [0.05, 0.1) is 6.54 Å². The molecule has 2 fully saturated rings. The monoisotopic (exact) mass is 359 g/mol. The SMILES string of the molecule is CCN1CCCC1CNC(N)=NCc1cccnc1N1CCN(C)CC1. The van der Waals surface area contributed by atoms with Crippen LogP contribution >= 0.6 is 0 Å². The third kappa shape index (κ3) is 4.86. The quantitative estimate of drug-likeness (QED) is 0.576. The minimum atomic E-state index is 0.529. The fourth-order valence-electron chi connectivity index (χ4n) is 3.85. The molecule has 1 aromatic rings. The normalized spacial score (nSPS) is 22.8. The van der Waals surface area contributed by atoms with Crippen molar-refractivity contribution >= 4 is 11.8 Å². The van der Waals surface area contributed by atoms with Crippen molar-refractivity contribution in [2.75, 3.05) is 57.8 Å². The Morgan fingerprint density at radius 3 is 2.88 bits per heavy atom. The molecule has 0 aliphatic carbocycles. The van der Waals surface area contributed by atoms with Crippen LogP contribution in [0.2, 0.25) is 0 Å². The minimum absolute atomic E-state index is 0.529. The van der Waals surface area contributed by atoms with Gasteiger partial charge in [0, 0.05) is 50.5 Å². The van der Waals surface area contributed by atoms with E-state index in [2.05, 4.69) is 50.0 Å². The second kappa shape index (κ2) is 9.19. The lowest BCUT2D eigenvalue weighted by Gasteiger charge is -2.34. The van der Waals surface area contributed by atoms with E-state index in [-0.39, 0.29) is 0 Å². The maximum Gasteiger partial charge on any atom is 0.188 e. The zero-order chi connectivity index (χ0) is 18.4. The first-order valence-corrected chi connectivity index (χ1v) is 9.82. The first-order chi connectivity index (χ1) is 12.7. The van der Waals surface area contributed by atoms with Crippen molar-refractivity contribution in [2.24, 2.45) is 10.7 Å². The highest BCUT2D eigenvalue weighted by Gasteiger charge is 2.22. The molecule has 7 heteroatoms. The third-order valence-electron chi connectivity index (χ3n) is 5.51. The lowest BCUT2D eigenvalue weighted by molar-refractivity contribution is 0.267. The number of aromatic nitrogens is 1. The molecule has 3 N–H and O–H groups in total. The highest BCUT2D eigenvalue weighted by atomic mass is 15.3. The molecule has 7 nitrogen and oxygen atoms in total. The van der Waals surface area contributed by atoms with Gasteiger partial charge in [-0.1, -0.05) is 13.0 Å². The Hall–Kier alpha value is -1.86. The Bertz CT molecular complexity index is 595. The maximum atomic E-state index is 6.11. The zero-order valence-electron chi connectivity index (χ0n) is 16.2. The number of hydrogen-bond acceptors (Lipinski definition) is 5. The third-order valence-corrected chi connectivity index (χ3v) is 5.51. The molecule has 1 atom stereocenters. The van der Waals surface area contributed by atoms with Crippen molar-refractivity contribution < 1.29 is 0 Å². The average molecular weight is 360 g/mol. The summed E-state index contributed by atoms with van der Waals surface area (Å²) in [6.07, 6.45) is 4.38. The van der Waals surface area contributed by atoms with E-state index in [0.717, 1.165) is 50.6 Å². The van der Waals surface area contributed by atoms with E-state index >= 15 is 0 Å². The van der Waals surface area contributed by atoms with E-state index in [9.17, 15) is 0 Å². The van der Waals surface area contributed by atoms with Gasteiger partial charge in [-0.3, -0.25) is 4.90 Å². The molecule has 26 heavy (non-hydrogen) atoms. The van der Waals surface area contributed by atoms with Crippen LogP contribution in [-0.4, -0.2) is 79.6 Å². The predicted octanol–water partition coefficient (Wildman–Crippen LogP) is 0.722. The number of nitrogens with two attached hydrogens (primary N) is 1. The molecule has 2 aliphatic rings. The first-order valence-electron chi connectivity index (χ1n) is 9.82. The predicted molar refractivity (Wildman–Crippen MR) is 108 cm³/mol. The Kier molecular flexibility index (Phi) is 6.68.